The Labute approximate surface area is 155 Å². The smallest absolute Gasteiger partial charge is 0.133 e. The van der Waals surface area contributed by atoms with Gasteiger partial charge in [-0.15, -0.1) is 0 Å². The van der Waals surface area contributed by atoms with Crippen LogP contribution in [-0.2, 0) is 5.41 Å². The van der Waals surface area contributed by atoms with Crippen LogP contribution in [-0.4, -0.2) is 27.0 Å². The van der Waals surface area contributed by atoms with E-state index in [1.807, 2.05) is 24.3 Å². The molecule has 0 aliphatic carbocycles. The summed E-state index contributed by atoms with van der Waals surface area (Å²) in [7, 11) is 4.91. The van der Waals surface area contributed by atoms with Crippen LogP contribution in [0.15, 0.2) is 47.5 Å². The number of benzene rings is 2. The molecule has 4 heteroatoms. The summed E-state index contributed by atoms with van der Waals surface area (Å²) in [6, 6.07) is 12.0. The molecular formula is C22H25NO3. The lowest BCUT2D eigenvalue weighted by molar-refractivity contribution is 0.374. The van der Waals surface area contributed by atoms with Crippen LogP contribution < -0.4 is 14.2 Å². The molecule has 2 aromatic carbocycles. The Balaban J connectivity index is 2.03. The number of ether oxygens (including phenoxy) is 3. The third kappa shape index (κ3) is 2.96. The number of methoxy groups -OCH3 is 3. The molecule has 1 atom stereocenters. The van der Waals surface area contributed by atoms with Gasteiger partial charge in [0.2, 0.25) is 0 Å². The Bertz CT molecular complexity index is 844. The van der Waals surface area contributed by atoms with Crippen molar-refractivity contribution in [3.05, 3.63) is 53.6 Å². The molecule has 0 aromatic heterocycles. The number of allylic oxidation sites excluding steroid dienone is 1. The fourth-order valence-corrected chi connectivity index (χ4v) is 3.38. The van der Waals surface area contributed by atoms with Gasteiger partial charge in [-0.1, -0.05) is 25.1 Å². The molecule has 0 radical (unpaired) electrons. The molecule has 0 amide bonds. The van der Waals surface area contributed by atoms with Crippen LogP contribution in [0.1, 0.15) is 31.4 Å². The average molecular weight is 351 g/mol. The van der Waals surface area contributed by atoms with Crippen molar-refractivity contribution >= 4 is 17.5 Å². The van der Waals surface area contributed by atoms with E-state index in [4.69, 9.17) is 19.2 Å². The third-order valence-electron chi connectivity index (χ3n) is 5.17. The van der Waals surface area contributed by atoms with E-state index in [1.165, 1.54) is 5.56 Å². The second kappa shape index (κ2) is 7.24. The maximum absolute atomic E-state index is 5.53. The van der Waals surface area contributed by atoms with Gasteiger partial charge < -0.3 is 14.2 Å². The van der Waals surface area contributed by atoms with Crippen LogP contribution >= 0.6 is 0 Å². The summed E-state index contributed by atoms with van der Waals surface area (Å²) in [6.45, 7) is 4.44. The van der Waals surface area contributed by atoms with Crippen LogP contribution in [0.5, 0.6) is 17.2 Å². The summed E-state index contributed by atoms with van der Waals surface area (Å²) >= 11 is 0. The summed E-state index contributed by atoms with van der Waals surface area (Å²) in [5.74, 6) is 2.10. The van der Waals surface area contributed by atoms with Crippen LogP contribution in [0.3, 0.4) is 0 Å². The molecule has 0 spiro atoms. The summed E-state index contributed by atoms with van der Waals surface area (Å²) in [5.41, 5.74) is 4.13. The van der Waals surface area contributed by atoms with Gasteiger partial charge in [-0.3, -0.25) is 4.99 Å². The highest BCUT2D eigenvalue weighted by Gasteiger charge is 2.36. The van der Waals surface area contributed by atoms with E-state index in [2.05, 4.69) is 38.1 Å². The number of hydrogen-bond donors (Lipinski definition) is 0. The number of nitrogens with zero attached hydrogens (tertiary/aromatic N) is 1. The lowest BCUT2D eigenvalue weighted by Gasteiger charge is -2.24. The van der Waals surface area contributed by atoms with E-state index in [1.54, 1.807) is 21.3 Å². The maximum atomic E-state index is 5.53. The average Bonchev–Trinajstić information content (AvgIpc) is 2.98. The molecule has 0 saturated heterocycles. The Kier molecular flexibility index (Phi) is 5.03. The topological polar surface area (TPSA) is 40.0 Å². The SMILES string of the molecule is CCC1(C)C(/C=C/c2c(OC)cc(OC)cc2OC)=Nc2ccccc21. The van der Waals surface area contributed by atoms with E-state index in [-0.39, 0.29) is 5.41 Å². The number of aliphatic imine (C=N–C) groups is 1. The molecule has 4 nitrogen and oxygen atoms in total. The highest BCUT2D eigenvalue weighted by Crippen LogP contribution is 2.43. The zero-order valence-electron chi connectivity index (χ0n) is 16.0. The molecule has 1 aliphatic rings. The van der Waals surface area contributed by atoms with Gasteiger partial charge in [0.15, 0.2) is 0 Å². The quantitative estimate of drug-likeness (QED) is 0.720. The fourth-order valence-electron chi connectivity index (χ4n) is 3.38. The van der Waals surface area contributed by atoms with Crippen LogP contribution in [0.2, 0.25) is 0 Å². The minimum atomic E-state index is -0.0972. The molecule has 0 fully saturated rings. The normalized spacial score (nSPS) is 18.6. The number of para-hydroxylation sites is 1. The van der Waals surface area contributed by atoms with Crippen molar-refractivity contribution < 1.29 is 14.2 Å². The van der Waals surface area contributed by atoms with Gasteiger partial charge in [0.05, 0.1) is 38.3 Å². The lowest BCUT2D eigenvalue weighted by Crippen LogP contribution is -2.27. The van der Waals surface area contributed by atoms with Crippen LogP contribution in [0.25, 0.3) is 6.08 Å². The highest BCUT2D eigenvalue weighted by molar-refractivity contribution is 6.10. The number of hydrogen-bond acceptors (Lipinski definition) is 4. The Morgan fingerprint density at radius 1 is 0.962 bits per heavy atom. The first-order valence-electron chi connectivity index (χ1n) is 8.74. The molecule has 3 rings (SSSR count). The standard InChI is InChI=1S/C22H25NO3/c1-6-22(2)17-9-7-8-10-18(17)23-21(22)12-11-16-19(25-4)13-15(24-3)14-20(16)26-5/h7-14H,6H2,1-5H3/b12-11+. The maximum Gasteiger partial charge on any atom is 0.133 e. The van der Waals surface area contributed by atoms with Gasteiger partial charge in [-0.2, -0.15) is 0 Å². The fraction of sp³-hybridized carbons (Fsp3) is 0.318. The summed E-state index contributed by atoms with van der Waals surface area (Å²) in [6.07, 6.45) is 5.05. The van der Waals surface area contributed by atoms with Gasteiger partial charge in [-0.05, 0) is 37.1 Å². The van der Waals surface area contributed by atoms with Gasteiger partial charge in [0, 0.05) is 17.5 Å². The van der Waals surface area contributed by atoms with E-state index in [0.717, 1.165) is 23.4 Å². The third-order valence-corrected chi connectivity index (χ3v) is 5.17. The van der Waals surface area contributed by atoms with E-state index >= 15 is 0 Å². The van der Waals surface area contributed by atoms with Crippen LogP contribution in [0.4, 0.5) is 5.69 Å². The lowest BCUT2D eigenvalue weighted by atomic mass is 9.77. The first-order chi connectivity index (χ1) is 12.6. The molecule has 0 N–H and O–H groups in total. The molecule has 1 aliphatic heterocycles. The summed E-state index contributed by atoms with van der Waals surface area (Å²) in [4.78, 5) is 4.86. The molecular weight excluding hydrogens is 326 g/mol. The Morgan fingerprint density at radius 3 is 2.19 bits per heavy atom. The minimum absolute atomic E-state index is 0.0972. The van der Waals surface area contributed by atoms with Gasteiger partial charge in [0.1, 0.15) is 17.2 Å². The van der Waals surface area contributed by atoms with Crippen molar-refractivity contribution in [2.45, 2.75) is 25.7 Å². The first kappa shape index (κ1) is 18.1. The van der Waals surface area contributed by atoms with Crippen molar-refractivity contribution in [2.24, 2.45) is 4.99 Å². The van der Waals surface area contributed by atoms with E-state index in [0.29, 0.717) is 17.2 Å². The van der Waals surface area contributed by atoms with E-state index in [9.17, 15) is 0 Å². The number of fused-ring (bicyclic) bond motifs is 1. The molecule has 0 saturated carbocycles. The predicted molar refractivity (Wildman–Crippen MR) is 106 cm³/mol. The van der Waals surface area contributed by atoms with Gasteiger partial charge in [-0.25, -0.2) is 0 Å². The second-order valence-corrected chi connectivity index (χ2v) is 6.48. The van der Waals surface area contributed by atoms with Gasteiger partial charge in [0.25, 0.3) is 0 Å². The summed E-state index contributed by atoms with van der Waals surface area (Å²) < 4.78 is 16.4. The molecule has 1 heterocycles. The molecule has 1 unspecified atom stereocenters. The largest absolute Gasteiger partial charge is 0.496 e. The first-order valence-corrected chi connectivity index (χ1v) is 8.74. The molecule has 136 valence electrons. The highest BCUT2D eigenvalue weighted by atomic mass is 16.5. The summed E-state index contributed by atoms with van der Waals surface area (Å²) in [5, 5.41) is 0. The zero-order valence-corrected chi connectivity index (χ0v) is 16.0. The van der Waals surface area contributed by atoms with Crippen molar-refractivity contribution in [1.29, 1.82) is 0 Å². The number of rotatable bonds is 6. The molecule has 0 bridgehead atoms. The zero-order chi connectivity index (χ0) is 18.7. The molecule has 2 aromatic rings. The van der Waals surface area contributed by atoms with Gasteiger partial charge >= 0.3 is 0 Å². The van der Waals surface area contributed by atoms with Crippen molar-refractivity contribution in [1.82, 2.24) is 0 Å². The Morgan fingerprint density at radius 2 is 1.62 bits per heavy atom. The molecule has 26 heavy (non-hydrogen) atoms. The monoisotopic (exact) mass is 351 g/mol. The van der Waals surface area contributed by atoms with Crippen LogP contribution in [0, 0.1) is 0 Å². The van der Waals surface area contributed by atoms with Crippen molar-refractivity contribution in [2.75, 3.05) is 21.3 Å². The van der Waals surface area contributed by atoms with E-state index < -0.39 is 0 Å². The minimum Gasteiger partial charge on any atom is -0.496 e. The van der Waals surface area contributed by atoms with Crippen molar-refractivity contribution in [3.8, 4) is 17.2 Å². The predicted octanol–water partition coefficient (Wildman–Crippen LogP) is 5.18. The second-order valence-electron chi connectivity index (χ2n) is 6.48. The van der Waals surface area contributed by atoms with Crippen molar-refractivity contribution in [3.63, 3.8) is 0 Å². The Hall–Kier alpha value is -2.75.